The van der Waals surface area contributed by atoms with Crippen molar-refractivity contribution in [3.05, 3.63) is 0 Å². The van der Waals surface area contributed by atoms with Gasteiger partial charge in [0.25, 0.3) is 0 Å². The average Bonchev–Trinajstić information content (AvgIpc) is 2.69. The summed E-state index contributed by atoms with van der Waals surface area (Å²) in [6.45, 7) is 1.60. The standard InChI is InChI=1S/C11H19N3O5/c1-14-5-4-7(6-14)12-11(19)13-8(10(17)18)2-3-9(15)16/h7-8H,2-6H2,1H3,(H,15,16)(H,17,18)(H2,12,13,19)/t7?,8-/m0/s1. The second kappa shape index (κ2) is 6.93. The van der Waals surface area contributed by atoms with Crippen LogP contribution in [0.1, 0.15) is 19.3 Å². The molecule has 2 atom stereocenters. The molecular formula is C11H19N3O5. The predicted molar refractivity (Wildman–Crippen MR) is 65.9 cm³/mol. The van der Waals surface area contributed by atoms with Crippen molar-refractivity contribution >= 4 is 18.0 Å². The number of nitrogens with zero attached hydrogens (tertiary/aromatic N) is 1. The summed E-state index contributed by atoms with van der Waals surface area (Å²) in [5.74, 6) is -2.33. The molecule has 1 aliphatic heterocycles. The molecule has 1 aliphatic rings. The van der Waals surface area contributed by atoms with Gasteiger partial charge >= 0.3 is 18.0 Å². The van der Waals surface area contributed by atoms with Gasteiger partial charge in [0.05, 0.1) is 0 Å². The summed E-state index contributed by atoms with van der Waals surface area (Å²) in [6.07, 6.45) is 0.378. The van der Waals surface area contributed by atoms with Crippen molar-refractivity contribution in [2.45, 2.75) is 31.3 Å². The summed E-state index contributed by atoms with van der Waals surface area (Å²) in [5, 5.41) is 22.4. The van der Waals surface area contributed by atoms with Gasteiger partial charge in [-0.2, -0.15) is 0 Å². The molecule has 8 nitrogen and oxygen atoms in total. The third-order valence-corrected chi connectivity index (χ3v) is 2.98. The first-order chi connectivity index (χ1) is 8.88. The number of amides is 2. The minimum Gasteiger partial charge on any atom is -0.481 e. The Kier molecular flexibility index (Phi) is 5.56. The molecule has 1 rings (SSSR count). The van der Waals surface area contributed by atoms with E-state index in [0.29, 0.717) is 0 Å². The molecule has 0 spiro atoms. The van der Waals surface area contributed by atoms with Crippen molar-refractivity contribution < 1.29 is 24.6 Å². The van der Waals surface area contributed by atoms with Gasteiger partial charge in [-0.05, 0) is 26.4 Å². The number of aliphatic carboxylic acids is 2. The lowest BCUT2D eigenvalue weighted by molar-refractivity contribution is -0.140. The topological polar surface area (TPSA) is 119 Å². The second-order valence-corrected chi connectivity index (χ2v) is 4.69. The first kappa shape index (κ1) is 15.2. The Morgan fingerprint density at radius 2 is 2.05 bits per heavy atom. The van der Waals surface area contributed by atoms with Crippen LogP contribution in [0.25, 0.3) is 0 Å². The smallest absolute Gasteiger partial charge is 0.326 e. The lowest BCUT2D eigenvalue weighted by Gasteiger charge is -2.17. The maximum atomic E-state index is 11.6. The molecule has 1 saturated heterocycles. The molecule has 8 heteroatoms. The van der Waals surface area contributed by atoms with Crippen LogP contribution in [0.4, 0.5) is 4.79 Å². The molecule has 1 unspecified atom stereocenters. The highest BCUT2D eigenvalue weighted by Crippen LogP contribution is 2.06. The largest absolute Gasteiger partial charge is 0.481 e. The van der Waals surface area contributed by atoms with E-state index in [1.54, 1.807) is 0 Å². The average molecular weight is 273 g/mol. The van der Waals surface area contributed by atoms with Crippen LogP contribution in [0.3, 0.4) is 0 Å². The lowest BCUT2D eigenvalue weighted by atomic mass is 10.1. The summed E-state index contributed by atoms with van der Waals surface area (Å²) in [4.78, 5) is 35.0. The zero-order chi connectivity index (χ0) is 14.4. The molecule has 0 aromatic rings. The highest BCUT2D eigenvalue weighted by Gasteiger charge is 2.24. The van der Waals surface area contributed by atoms with Crippen LogP contribution >= 0.6 is 0 Å². The molecule has 0 radical (unpaired) electrons. The van der Waals surface area contributed by atoms with E-state index in [1.807, 2.05) is 7.05 Å². The van der Waals surface area contributed by atoms with Crippen molar-refractivity contribution in [2.75, 3.05) is 20.1 Å². The van der Waals surface area contributed by atoms with E-state index in [-0.39, 0.29) is 18.9 Å². The molecule has 1 fully saturated rings. The third kappa shape index (κ3) is 5.56. The van der Waals surface area contributed by atoms with Gasteiger partial charge in [-0.25, -0.2) is 9.59 Å². The van der Waals surface area contributed by atoms with Crippen molar-refractivity contribution in [1.82, 2.24) is 15.5 Å². The van der Waals surface area contributed by atoms with Crippen LogP contribution in [0, 0.1) is 0 Å². The Hall–Kier alpha value is -1.83. The van der Waals surface area contributed by atoms with E-state index in [0.717, 1.165) is 19.5 Å². The molecule has 0 aromatic carbocycles. The number of carbonyl (C=O) groups excluding carboxylic acids is 1. The van der Waals surface area contributed by atoms with Crippen molar-refractivity contribution in [3.63, 3.8) is 0 Å². The Labute approximate surface area is 110 Å². The summed E-state index contributed by atoms with van der Waals surface area (Å²) in [7, 11) is 1.94. The predicted octanol–water partition coefficient (Wildman–Crippen LogP) is -0.692. The zero-order valence-electron chi connectivity index (χ0n) is 10.8. The van der Waals surface area contributed by atoms with Crippen LogP contribution in [0.2, 0.25) is 0 Å². The normalized spacial score (nSPS) is 20.8. The molecule has 19 heavy (non-hydrogen) atoms. The number of carboxylic acids is 2. The lowest BCUT2D eigenvalue weighted by Crippen LogP contribution is -2.49. The van der Waals surface area contributed by atoms with Gasteiger partial charge < -0.3 is 25.7 Å². The van der Waals surface area contributed by atoms with E-state index in [4.69, 9.17) is 10.2 Å². The van der Waals surface area contributed by atoms with Crippen molar-refractivity contribution in [2.24, 2.45) is 0 Å². The fraction of sp³-hybridized carbons (Fsp3) is 0.727. The van der Waals surface area contributed by atoms with Gasteiger partial charge in [0.1, 0.15) is 6.04 Å². The minimum atomic E-state index is -1.24. The Morgan fingerprint density at radius 3 is 2.53 bits per heavy atom. The van der Waals surface area contributed by atoms with E-state index in [1.165, 1.54) is 0 Å². The number of likely N-dealkylation sites (N-methyl/N-ethyl adjacent to an activating group) is 1. The zero-order valence-corrected chi connectivity index (χ0v) is 10.8. The monoisotopic (exact) mass is 273 g/mol. The summed E-state index contributed by atoms with van der Waals surface area (Å²) in [5.41, 5.74) is 0. The fourth-order valence-corrected chi connectivity index (χ4v) is 1.96. The molecule has 4 N–H and O–H groups in total. The molecule has 108 valence electrons. The molecule has 0 aromatic heterocycles. The van der Waals surface area contributed by atoms with Gasteiger partial charge in [-0.15, -0.1) is 0 Å². The summed E-state index contributed by atoms with van der Waals surface area (Å²) >= 11 is 0. The number of rotatable bonds is 6. The molecule has 0 saturated carbocycles. The fourth-order valence-electron chi connectivity index (χ4n) is 1.96. The van der Waals surface area contributed by atoms with Crippen LogP contribution < -0.4 is 10.6 Å². The van der Waals surface area contributed by atoms with Gasteiger partial charge in [0.2, 0.25) is 0 Å². The van der Waals surface area contributed by atoms with Crippen LogP contribution in [0.5, 0.6) is 0 Å². The number of hydrogen-bond acceptors (Lipinski definition) is 4. The van der Waals surface area contributed by atoms with Gasteiger partial charge in [0, 0.05) is 19.0 Å². The Balaban J connectivity index is 2.38. The first-order valence-electron chi connectivity index (χ1n) is 6.08. The molecule has 2 amide bonds. The van der Waals surface area contributed by atoms with Gasteiger partial charge in [-0.3, -0.25) is 4.79 Å². The van der Waals surface area contributed by atoms with Crippen molar-refractivity contribution in [1.29, 1.82) is 0 Å². The van der Waals surface area contributed by atoms with Gasteiger partial charge in [0.15, 0.2) is 0 Å². The van der Waals surface area contributed by atoms with Crippen LogP contribution in [-0.2, 0) is 9.59 Å². The number of carboxylic acid groups (broad SMARTS) is 2. The maximum Gasteiger partial charge on any atom is 0.326 e. The number of likely N-dealkylation sites (tertiary alicyclic amines) is 1. The number of hydrogen-bond donors (Lipinski definition) is 4. The Bertz CT molecular complexity index is 360. The molecule has 1 heterocycles. The quantitative estimate of drug-likeness (QED) is 0.508. The minimum absolute atomic E-state index is 0.00100. The summed E-state index contributed by atoms with van der Waals surface area (Å²) < 4.78 is 0. The summed E-state index contributed by atoms with van der Waals surface area (Å²) in [6, 6.07) is -1.76. The molecule has 0 aliphatic carbocycles. The van der Waals surface area contributed by atoms with E-state index in [9.17, 15) is 14.4 Å². The van der Waals surface area contributed by atoms with E-state index < -0.39 is 24.0 Å². The highest BCUT2D eigenvalue weighted by atomic mass is 16.4. The maximum absolute atomic E-state index is 11.6. The van der Waals surface area contributed by atoms with E-state index >= 15 is 0 Å². The number of nitrogens with one attached hydrogen (secondary N) is 2. The second-order valence-electron chi connectivity index (χ2n) is 4.69. The number of carbonyl (C=O) groups is 3. The Morgan fingerprint density at radius 1 is 1.37 bits per heavy atom. The van der Waals surface area contributed by atoms with Crippen LogP contribution in [0.15, 0.2) is 0 Å². The van der Waals surface area contributed by atoms with Crippen molar-refractivity contribution in [3.8, 4) is 0 Å². The molecular weight excluding hydrogens is 254 g/mol. The number of urea groups is 1. The first-order valence-corrected chi connectivity index (χ1v) is 6.08. The molecule has 0 bridgehead atoms. The van der Waals surface area contributed by atoms with Crippen LogP contribution in [-0.4, -0.2) is 65.3 Å². The third-order valence-electron chi connectivity index (χ3n) is 2.98. The van der Waals surface area contributed by atoms with E-state index in [2.05, 4.69) is 15.5 Å². The highest BCUT2D eigenvalue weighted by molar-refractivity contribution is 5.83. The van der Waals surface area contributed by atoms with Gasteiger partial charge in [-0.1, -0.05) is 0 Å². The SMILES string of the molecule is CN1CCC(NC(=O)N[C@@H](CCC(=O)O)C(=O)O)C1.